The van der Waals surface area contributed by atoms with Crippen molar-refractivity contribution >= 4 is 57.5 Å². The summed E-state index contributed by atoms with van der Waals surface area (Å²) in [6.45, 7) is 3.65. The van der Waals surface area contributed by atoms with E-state index in [-0.39, 0.29) is 42.4 Å². The molecule has 0 saturated heterocycles. The largest absolute Gasteiger partial charge is 0.396 e. The fourth-order valence-corrected chi connectivity index (χ4v) is 2.85. The fourth-order valence-electron chi connectivity index (χ4n) is 2.59. The van der Waals surface area contributed by atoms with Crippen molar-refractivity contribution < 1.29 is 9.90 Å². The highest BCUT2D eigenvalue weighted by Crippen LogP contribution is 2.15. The lowest BCUT2D eigenvalue weighted by atomic mass is 10.0. The number of rotatable bonds is 9. The first-order valence-electron chi connectivity index (χ1n) is 9.35. The zero-order valence-electron chi connectivity index (χ0n) is 16.4. The van der Waals surface area contributed by atoms with Crippen LogP contribution in [-0.4, -0.2) is 43.2 Å². The number of nitrogens with zero attached hydrogens (tertiary/aromatic N) is 1. The highest BCUT2D eigenvalue weighted by molar-refractivity contribution is 14.0. The Hall–Kier alpha value is -1.65. The molecular formula is C21H28BrIN4O2. The van der Waals surface area contributed by atoms with Gasteiger partial charge in [0.2, 0.25) is 5.91 Å². The lowest BCUT2D eigenvalue weighted by Crippen LogP contribution is -2.39. The average molecular weight is 575 g/mol. The summed E-state index contributed by atoms with van der Waals surface area (Å²) in [4.78, 5) is 16.6. The number of guanidine groups is 1. The number of aliphatic hydroxyl groups is 1. The van der Waals surface area contributed by atoms with Crippen LogP contribution in [-0.2, 0) is 4.79 Å². The van der Waals surface area contributed by atoms with Gasteiger partial charge in [-0.2, -0.15) is 0 Å². The predicted molar refractivity (Wildman–Crippen MR) is 133 cm³/mol. The van der Waals surface area contributed by atoms with E-state index >= 15 is 0 Å². The molecule has 1 atom stereocenters. The highest BCUT2D eigenvalue weighted by Gasteiger charge is 2.10. The summed E-state index contributed by atoms with van der Waals surface area (Å²) in [5, 5.41) is 18.9. The Kier molecular flexibility index (Phi) is 12.6. The third kappa shape index (κ3) is 9.60. The zero-order valence-corrected chi connectivity index (χ0v) is 20.3. The lowest BCUT2D eigenvalue weighted by Gasteiger charge is -2.15. The molecule has 6 nitrogen and oxygen atoms in total. The molecule has 0 aliphatic rings. The van der Waals surface area contributed by atoms with Gasteiger partial charge in [-0.25, -0.2) is 0 Å². The number of carbonyl (C=O) groups excluding carboxylic acids is 1. The van der Waals surface area contributed by atoms with Crippen LogP contribution < -0.4 is 16.0 Å². The van der Waals surface area contributed by atoms with E-state index in [0.717, 1.165) is 15.7 Å². The molecule has 8 heteroatoms. The van der Waals surface area contributed by atoms with Gasteiger partial charge in [0.05, 0.1) is 13.2 Å². The second kappa shape index (κ2) is 14.4. The van der Waals surface area contributed by atoms with Crippen LogP contribution in [0.3, 0.4) is 0 Å². The van der Waals surface area contributed by atoms with Gasteiger partial charge in [0.1, 0.15) is 0 Å². The molecule has 2 rings (SSSR count). The van der Waals surface area contributed by atoms with Crippen molar-refractivity contribution in [2.75, 3.05) is 31.6 Å². The number of aliphatic imine (C=N–C) groups is 1. The van der Waals surface area contributed by atoms with Gasteiger partial charge in [0.15, 0.2) is 5.96 Å². The van der Waals surface area contributed by atoms with Crippen molar-refractivity contribution in [3.63, 3.8) is 0 Å². The first-order chi connectivity index (χ1) is 13.6. The zero-order chi connectivity index (χ0) is 20.2. The van der Waals surface area contributed by atoms with E-state index in [1.807, 2.05) is 61.5 Å². The van der Waals surface area contributed by atoms with Crippen LogP contribution in [0, 0.1) is 0 Å². The maximum absolute atomic E-state index is 12.1. The van der Waals surface area contributed by atoms with Crippen molar-refractivity contribution in [1.82, 2.24) is 10.6 Å². The fraction of sp³-hybridized carbons (Fsp3) is 0.333. The minimum absolute atomic E-state index is 0. The van der Waals surface area contributed by atoms with Gasteiger partial charge in [0, 0.05) is 35.6 Å². The Morgan fingerprint density at radius 2 is 1.79 bits per heavy atom. The summed E-state index contributed by atoms with van der Waals surface area (Å²) in [5.74, 6) is 0.508. The Morgan fingerprint density at radius 3 is 2.41 bits per heavy atom. The van der Waals surface area contributed by atoms with Crippen LogP contribution in [0.4, 0.5) is 5.69 Å². The van der Waals surface area contributed by atoms with Gasteiger partial charge in [-0.1, -0.05) is 46.3 Å². The van der Waals surface area contributed by atoms with Gasteiger partial charge in [0.25, 0.3) is 0 Å². The minimum Gasteiger partial charge on any atom is -0.396 e. The number of nitrogens with one attached hydrogen (secondary N) is 3. The second-order valence-electron chi connectivity index (χ2n) is 6.24. The number of aliphatic hydroxyl groups excluding tert-OH is 1. The molecule has 0 saturated carbocycles. The topological polar surface area (TPSA) is 85.8 Å². The van der Waals surface area contributed by atoms with Crippen LogP contribution in [0.2, 0.25) is 0 Å². The number of carbonyl (C=O) groups is 1. The molecule has 0 aromatic heterocycles. The van der Waals surface area contributed by atoms with Crippen molar-refractivity contribution in [1.29, 1.82) is 0 Å². The lowest BCUT2D eigenvalue weighted by molar-refractivity contribution is -0.116. The Bertz CT molecular complexity index is 757. The quantitative estimate of drug-likeness (QED) is 0.209. The standard InChI is InChI=1S/C21H27BrN4O2.HI/c1-2-23-21(25-14-17(15-27)16-6-4-3-5-7-16)24-13-12-20(28)26-19-10-8-18(22)9-11-19;/h3-11,17,27H,2,12-15H2,1H3,(H,26,28)(H2,23,24,25);1H. The molecule has 1 unspecified atom stereocenters. The summed E-state index contributed by atoms with van der Waals surface area (Å²) >= 11 is 3.37. The summed E-state index contributed by atoms with van der Waals surface area (Å²) in [5.41, 5.74) is 1.82. The van der Waals surface area contributed by atoms with Crippen molar-refractivity contribution in [3.05, 3.63) is 64.6 Å². The first kappa shape index (κ1) is 25.4. The maximum atomic E-state index is 12.1. The predicted octanol–water partition coefficient (Wildman–Crippen LogP) is 3.73. The van der Waals surface area contributed by atoms with E-state index in [2.05, 4.69) is 36.9 Å². The summed E-state index contributed by atoms with van der Waals surface area (Å²) < 4.78 is 0.968. The van der Waals surface area contributed by atoms with Crippen LogP contribution >= 0.6 is 39.9 Å². The highest BCUT2D eigenvalue weighted by atomic mass is 127. The summed E-state index contributed by atoms with van der Waals surface area (Å²) in [6, 6.07) is 17.3. The van der Waals surface area contributed by atoms with Crippen LogP contribution in [0.1, 0.15) is 24.8 Å². The molecule has 0 heterocycles. The van der Waals surface area contributed by atoms with Crippen LogP contribution in [0.15, 0.2) is 64.1 Å². The molecule has 1 amide bonds. The normalized spacial score (nSPS) is 11.9. The number of anilines is 1. The minimum atomic E-state index is -0.0665. The summed E-state index contributed by atoms with van der Waals surface area (Å²) in [7, 11) is 0. The van der Waals surface area contributed by atoms with Gasteiger partial charge >= 0.3 is 0 Å². The van der Waals surface area contributed by atoms with E-state index in [0.29, 0.717) is 32.0 Å². The number of hydrogen-bond acceptors (Lipinski definition) is 3. The Balaban J connectivity index is 0.00000420. The molecule has 2 aromatic carbocycles. The van der Waals surface area contributed by atoms with Gasteiger partial charge in [-0.3, -0.25) is 9.79 Å². The molecular weight excluding hydrogens is 547 g/mol. The third-order valence-electron chi connectivity index (χ3n) is 4.08. The molecule has 0 bridgehead atoms. The van der Waals surface area contributed by atoms with Gasteiger partial charge in [-0.05, 0) is 36.8 Å². The smallest absolute Gasteiger partial charge is 0.226 e. The third-order valence-corrected chi connectivity index (χ3v) is 4.61. The van der Waals surface area contributed by atoms with Gasteiger partial charge < -0.3 is 21.1 Å². The van der Waals surface area contributed by atoms with Crippen molar-refractivity contribution in [2.24, 2.45) is 4.99 Å². The maximum Gasteiger partial charge on any atom is 0.226 e. The number of benzene rings is 2. The monoisotopic (exact) mass is 574 g/mol. The molecule has 29 heavy (non-hydrogen) atoms. The molecule has 0 radical (unpaired) electrons. The van der Waals surface area contributed by atoms with E-state index in [1.165, 1.54) is 0 Å². The van der Waals surface area contributed by atoms with Crippen molar-refractivity contribution in [3.8, 4) is 0 Å². The van der Waals surface area contributed by atoms with E-state index < -0.39 is 0 Å². The Morgan fingerprint density at radius 1 is 1.10 bits per heavy atom. The molecule has 4 N–H and O–H groups in total. The molecule has 0 spiro atoms. The first-order valence-corrected chi connectivity index (χ1v) is 10.1. The number of halogens is 2. The average Bonchev–Trinajstić information content (AvgIpc) is 2.71. The molecule has 0 aliphatic carbocycles. The van der Waals surface area contributed by atoms with E-state index in [4.69, 9.17) is 0 Å². The number of hydrogen-bond donors (Lipinski definition) is 4. The molecule has 0 fully saturated rings. The molecule has 158 valence electrons. The molecule has 0 aliphatic heterocycles. The van der Waals surface area contributed by atoms with E-state index in [9.17, 15) is 9.90 Å². The number of amides is 1. The van der Waals surface area contributed by atoms with Crippen LogP contribution in [0.25, 0.3) is 0 Å². The SMILES string of the molecule is CCNC(=NCC(CO)c1ccccc1)NCCC(=O)Nc1ccc(Br)cc1.I. The second-order valence-corrected chi connectivity index (χ2v) is 7.16. The van der Waals surface area contributed by atoms with Crippen molar-refractivity contribution in [2.45, 2.75) is 19.3 Å². The summed E-state index contributed by atoms with van der Waals surface area (Å²) in [6.07, 6.45) is 0.322. The molecule has 2 aromatic rings. The van der Waals surface area contributed by atoms with Crippen LogP contribution in [0.5, 0.6) is 0 Å². The Labute approximate surface area is 197 Å². The van der Waals surface area contributed by atoms with Gasteiger partial charge in [-0.15, -0.1) is 24.0 Å². The van der Waals surface area contributed by atoms with E-state index in [1.54, 1.807) is 0 Å².